The average Bonchev–Trinajstić information content (AvgIpc) is 2.89. The Bertz CT molecular complexity index is 975. The zero-order valence-corrected chi connectivity index (χ0v) is 12.6. The minimum absolute atomic E-state index is 0.476. The van der Waals surface area contributed by atoms with E-state index < -0.39 is 0 Å². The van der Waals surface area contributed by atoms with E-state index in [1.165, 1.54) is 10.8 Å². The van der Waals surface area contributed by atoms with Gasteiger partial charge in [-0.2, -0.15) is 0 Å². The van der Waals surface area contributed by atoms with E-state index in [4.69, 9.17) is 5.73 Å². The van der Waals surface area contributed by atoms with Crippen LogP contribution in [-0.2, 0) is 0 Å². The maximum absolute atomic E-state index is 5.69. The van der Waals surface area contributed by atoms with Crippen LogP contribution in [0.25, 0.3) is 33.3 Å². The first-order valence-corrected chi connectivity index (χ1v) is 7.30. The van der Waals surface area contributed by atoms with E-state index in [1.54, 1.807) is 6.07 Å². The molecule has 4 nitrogen and oxygen atoms in total. The first-order chi connectivity index (χ1) is 10.2. The van der Waals surface area contributed by atoms with Gasteiger partial charge in [-0.1, -0.05) is 34.1 Å². The highest BCUT2D eigenvalue weighted by molar-refractivity contribution is 9.10. The molecule has 5 heteroatoms. The number of H-pyrrole nitrogens is 1. The molecule has 102 valence electrons. The van der Waals surface area contributed by atoms with Crippen molar-refractivity contribution in [2.45, 2.75) is 0 Å². The Labute approximate surface area is 129 Å². The number of hydrogen-bond donors (Lipinski definition) is 2. The fourth-order valence-electron chi connectivity index (χ4n) is 2.41. The van der Waals surface area contributed by atoms with Crippen LogP contribution in [0.4, 0.5) is 5.82 Å². The average molecular weight is 339 g/mol. The van der Waals surface area contributed by atoms with Crippen molar-refractivity contribution in [1.29, 1.82) is 0 Å². The molecule has 4 aromatic rings. The number of pyridine rings is 1. The van der Waals surface area contributed by atoms with Crippen LogP contribution in [0.5, 0.6) is 0 Å². The number of fused-ring (bicyclic) bond motifs is 2. The van der Waals surface area contributed by atoms with Crippen molar-refractivity contribution in [2.24, 2.45) is 0 Å². The number of benzene rings is 2. The minimum Gasteiger partial charge on any atom is -0.384 e. The number of aromatic amines is 1. The molecule has 21 heavy (non-hydrogen) atoms. The Morgan fingerprint density at radius 3 is 2.62 bits per heavy atom. The Morgan fingerprint density at radius 1 is 0.905 bits per heavy atom. The lowest BCUT2D eigenvalue weighted by molar-refractivity contribution is 1.31. The predicted octanol–water partition coefficient (Wildman–Crippen LogP) is 4.12. The van der Waals surface area contributed by atoms with Crippen LogP contribution >= 0.6 is 15.9 Å². The van der Waals surface area contributed by atoms with Crippen LogP contribution in [0, 0.1) is 0 Å². The molecule has 0 atom stereocenters. The summed E-state index contributed by atoms with van der Waals surface area (Å²) in [4.78, 5) is 12.0. The molecular formula is C16H11BrN4. The number of aromatic nitrogens is 3. The Balaban J connectivity index is 1.89. The smallest absolute Gasteiger partial charge is 0.180 e. The summed E-state index contributed by atoms with van der Waals surface area (Å²) in [7, 11) is 0. The van der Waals surface area contributed by atoms with Gasteiger partial charge in [-0.15, -0.1) is 0 Å². The highest BCUT2D eigenvalue weighted by Crippen LogP contribution is 2.26. The largest absolute Gasteiger partial charge is 0.384 e. The third-order valence-corrected chi connectivity index (χ3v) is 3.94. The first kappa shape index (κ1) is 12.3. The molecule has 2 aromatic heterocycles. The third kappa shape index (κ3) is 2.15. The Hall–Kier alpha value is -2.40. The monoisotopic (exact) mass is 338 g/mol. The molecule has 2 heterocycles. The maximum atomic E-state index is 5.69. The van der Waals surface area contributed by atoms with Crippen LogP contribution in [0.2, 0.25) is 0 Å². The van der Waals surface area contributed by atoms with Gasteiger partial charge >= 0.3 is 0 Å². The van der Waals surface area contributed by atoms with Gasteiger partial charge in [0.2, 0.25) is 0 Å². The molecule has 3 N–H and O–H groups in total. The van der Waals surface area contributed by atoms with E-state index in [2.05, 4.69) is 61.2 Å². The van der Waals surface area contributed by atoms with Gasteiger partial charge in [0.05, 0.1) is 5.52 Å². The number of anilines is 1. The summed E-state index contributed by atoms with van der Waals surface area (Å²) in [5.74, 6) is 1.27. The van der Waals surface area contributed by atoms with Crippen molar-refractivity contribution in [1.82, 2.24) is 15.0 Å². The van der Waals surface area contributed by atoms with Crippen LogP contribution in [0.15, 0.2) is 53.0 Å². The molecule has 0 aliphatic carbocycles. The van der Waals surface area contributed by atoms with Crippen molar-refractivity contribution < 1.29 is 0 Å². The topological polar surface area (TPSA) is 67.6 Å². The fraction of sp³-hybridized carbons (Fsp3) is 0. The first-order valence-electron chi connectivity index (χ1n) is 6.51. The number of hydrogen-bond acceptors (Lipinski definition) is 3. The van der Waals surface area contributed by atoms with E-state index in [1.807, 2.05) is 12.1 Å². The summed E-state index contributed by atoms with van der Waals surface area (Å²) in [6.45, 7) is 0. The molecule has 0 saturated carbocycles. The summed E-state index contributed by atoms with van der Waals surface area (Å²) in [5, 5.41) is 2.36. The molecule has 0 radical (unpaired) electrons. The molecule has 0 spiro atoms. The molecule has 0 saturated heterocycles. The van der Waals surface area contributed by atoms with Gasteiger partial charge in [-0.3, -0.25) is 0 Å². The van der Waals surface area contributed by atoms with Crippen molar-refractivity contribution in [3.05, 3.63) is 53.0 Å². The standard InChI is InChI=1S/C16H11BrN4/c17-12-4-3-9-7-11(2-1-10(9)8-12)15-19-13-5-6-14(18)20-16(13)21-15/h1-8H,(H3,18,19,20,21). The molecule has 0 aliphatic heterocycles. The highest BCUT2D eigenvalue weighted by Gasteiger charge is 2.07. The molecule has 0 unspecified atom stereocenters. The molecular weight excluding hydrogens is 328 g/mol. The highest BCUT2D eigenvalue weighted by atomic mass is 79.9. The molecule has 0 bridgehead atoms. The van der Waals surface area contributed by atoms with Crippen molar-refractivity contribution >= 4 is 43.7 Å². The van der Waals surface area contributed by atoms with Crippen molar-refractivity contribution in [3.8, 4) is 11.4 Å². The summed E-state index contributed by atoms with van der Waals surface area (Å²) < 4.78 is 1.08. The second-order valence-electron chi connectivity index (χ2n) is 4.90. The van der Waals surface area contributed by atoms with E-state index in [9.17, 15) is 0 Å². The molecule has 0 amide bonds. The lowest BCUT2D eigenvalue weighted by Crippen LogP contribution is -1.88. The number of nitrogen functional groups attached to an aromatic ring is 1. The van der Waals surface area contributed by atoms with Crippen LogP contribution in [0.3, 0.4) is 0 Å². The number of rotatable bonds is 1. The third-order valence-electron chi connectivity index (χ3n) is 3.44. The lowest BCUT2D eigenvalue weighted by atomic mass is 10.1. The Morgan fingerprint density at radius 2 is 1.71 bits per heavy atom. The van der Waals surface area contributed by atoms with Gasteiger partial charge in [0.15, 0.2) is 5.65 Å². The van der Waals surface area contributed by atoms with Crippen molar-refractivity contribution in [3.63, 3.8) is 0 Å². The van der Waals surface area contributed by atoms with Gasteiger partial charge in [0.25, 0.3) is 0 Å². The predicted molar refractivity (Wildman–Crippen MR) is 88.9 cm³/mol. The van der Waals surface area contributed by atoms with E-state index >= 15 is 0 Å². The molecule has 0 fully saturated rings. The number of imidazole rings is 1. The lowest BCUT2D eigenvalue weighted by Gasteiger charge is -2.01. The number of nitrogens with zero attached hydrogens (tertiary/aromatic N) is 2. The van der Waals surface area contributed by atoms with E-state index in [0.717, 1.165) is 21.4 Å². The quantitative estimate of drug-likeness (QED) is 0.548. The summed E-state index contributed by atoms with van der Waals surface area (Å²) in [6, 6.07) is 16.1. The van der Waals surface area contributed by atoms with Crippen LogP contribution in [0.1, 0.15) is 0 Å². The molecule has 0 aliphatic rings. The summed E-state index contributed by atoms with van der Waals surface area (Å²) in [5.41, 5.74) is 8.24. The number of nitrogens with two attached hydrogens (primary N) is 1. The van der Waals surface area contributed by atoms with Crippen LogP contribution in [-0.4, -0.2) is 15.0 Å². The van der Waals surface area contributed by atoms with Crippen LogP contribution < -0.4 is 5.73 Å². The zero-order valence-electron chi connectivity index (χ0n) is 11.0. The van der Waals surface area contributed by atoms with E-state index in [0.29, 0.717) is 11.5 Å². The second kappa shape index (κ2) is 4.56. The summed E-state index contributed by atoms with van der Waals surface area (Å²) in [6.07, 6.45) is 0. The van der Waals surface area contributed by atoms with Gasteiger partial charge in [-0.05, 0) is 41.1 Å². The normalized spacial score (nSPS) is 11.3. The minimum atomic E-state index is 0.476. The number of nitrogens with one attached hydrogen (secondary N) is 1. The van der Waals surface area contributed by atoms with Gasteiger partial charge in [0, 0.05) is 10.0 Å². The number of halogens is 1. The van der Waals surface area contributed by atoms with Gasteiger partial charge < -0.3 is 10.7 Å². The molecule has 2 aromatic carbocycles. The summed E-state index contributed by atoms with van der Waals surface area (Å²) >= 11 is 3.49. The van der Waals surface area contributed by atoms with E-state index in [-0.39, 0.29) is 0 Å². The molecule has 4 rings (SSSR count). The SMILES string of the molecule is Nc1ccc2[nH]c(-c3ccc4cc(Br)ccc4c3)nc2n1. The van der Waals surface area contributed by atoms with Gasteiger partial charge in [0.1, 0.15) is 11.6 Å². The maximum Gasteiger partial charge on any atom is 0.180 e. The zero-order chi connectivity index (χ0) is 14.4. The van der Waals surface area contributed by atoms with Gasteiger partial charge in [-0.25, -0.2) is 9.97 Å². The second-order valence-corrected chi connectivity index (χ2v) is 5.81. The fourth-order valence-corrected chi connectivity index (χ4v) is 2.79. The van der Waals surface area contributed by atoms with Crippen molar-refractivity contribution in [2.75, 3.05) is 5.73 Å². The Kier molecular flexibility index (Phi) is 2.68.